The van der Waals surface area contributed by atoms with Crippen LogP contribution in [0.3, 0.4) is 0 Å². The van der Waals surface area contributed by atoms with Crippen molar-refractivity contribution in [2.45, 2.75) is 6.42 Å². The monoisotopic (exact) mass is 403 g/mol. The van der Waals surface area contributed by atoms with Crippen molar-refractivity contribution in [3.8, 4) is 0 Å². The molecule has 0 atom stereocenters. The number of nitrogens with zero attached hydrogens (tertiary/aromatic N) is 5. The third-order valence-electron chi connectivity index (χ3n) is 5.38. The Labute approximate surface area is 175 Å². The van der Waals surface area contributed by atoms with Crippen LogP contribution in [0.2, 0.25) is 0 Å². The highest BCUT2D eigenvalue weighted by Crippen LogP contribution is 2.16. The highest BCUT2D eigenvalue weighted by atomic mass is 16.2. The van der Waals surface area contributed by atoms with Crippen molar-refractivity contribution in [3.05, 3.63) is 66.0 Å². The molecule has 0 unspecified atom stereocenters. The van der Waals surface area contributed by atoms with Crippen LogP contribution in [-0.4, -0.2) is 71.9 Å². The van der Waals surface area contributed by atoms with Crippen LogP contribution in [0.5, 0.6) is 0 Å². The van der Waals surface area contributed by atoms with E-state index in [1.165, 1.54) is 0 Å². The Morgan fingerprint density at radius 3 is 2.27 bits per heavy atom. The summed E-state index contributed by atoms with van der Waals surface area (Å²) in [6.45, 7) is 2.23. The second-order valence-corrected chi connectivity index (χ2v) is 7.63. The topological polar surface area (TPSA) is 69.6 Å². The molecule has 7 nitrogen and oxygen atoms in total. The number of hydrogen-bond acceptors (Lipinski definition) is 5. The molecule has 3 heterocycles. The zero-order valence-electron chi connectivity index (χ0n) is 17.3. The number of anilines is 1. The second kappa shape index (κ2) is 8.49. The lowest BCUT2D eigenvalue weighted by Gasteiger charge is -2.22. The van der Waals surface area contributed by atoms with Gasteiger partial charge in [0.1, 0.15) is 5.69 Å². The van der Waals surface area contributed by atoms with Gasteiger partial charge in [-0.3, -0.25) is 9.59 Å². The number of rotatable bonds is 3. The summed E-state index contributed by atoms with van der Waals surface area (Å²) in [5.41, 5.74) is 2.68. The van der Waals surface area contributed by atoms with E-state index in [0.717, 1.165) is 17.5 Å². The van der Waals surface area contributed by atoms with Crippen molar-refractivity contribution in [3.63, 3.8) is 0 Å². The molecule has 1 aromatic carbocycles. The molecular formula is C23H25N5O2. The molecule has 0 spiro atoms. The van der Waals surface area contributed by atoms with E-state index < -0.39 is 0 Å². The van der Waals surface area contributed by atoms with Crippen molar-refractivity contribution in [1.82, 2.24) is 19.8 Å². The smallest absolute Gasteiger partial charge is 0.272 e. The Hall–Kier alpha value is -3.48. The number of carbonyl (C=O) groups excluding carboxylic acids is 2. The fourth-order valence-corrected chi connectivity index (χ4v) is 3.64. The van der Waals surface area contributed by atoms with Crippen molar-refractivity contribution in [2.75, 3.05) is 45.2 Å². The minimum absolute atomic E-state index is 0.00244. The van der Waals surface area contributed by atoms with Crippen LogP contribution in [-0.2, 0) is 0 Å². The molecule has 7 heteroatoms. The summed E-state index contributed by atoms with van der Waals surface area (Å²) in [6.07, 6.45) is 2.41. The van der Waals surface area contributed by atoms with Crippen LogP contribution in [0.1, 0.15) is 27.3 Å². The van der Waals surface area contributed by atoms with Gasteiger partial charge in [0, 0.05) is 63.1 Å². The molecule has 2 aromatic heterocycles. The summed E-state index contributed by atoms with van der Waals surface area (Å²) in [6, 6.07) is 15.0. The summed E-state index contributed by atoms with van der Waals surface area (Å²) in [4.78, 5) is 40.1. The van der Waals surface area contributed by atoms with Crippen LogP contribution < -0.4 is 4.90 Å². The van der Waals surface area contributed by atoms with Crippen LogP contribution in [0.4, 0.5) is 5.69 Å². The summed E-state index contributed by atoms with van der Waals surface area (Å²) in [5, 5.41) is 0.905. The van der Waals surface area contributed by atoms with Crippen LogP contribution in [0.15, 0.2) is 54.7 Å². The molecule has 1 saturated heterocycles. The Morgan fingerprint density at radius 2 is 1.57 bits per heavy atom. The van der Waals surface area contributed by atoms with Crippen LogP contribution in [0.25, 0.3) is 11.0 Å². The lowest BCUT2D eigenvalue weighted by Crippen LogP contribution is -2.37. The minimum Gasteiger partial charge on any atom is -0.378 e. The molecule has 1 fully saturated rings. The molecule has 4 rings (SSSR count). The average Bonchev–Trinajstić information content (AvgIpc) is 3.04. The van der Waals surface area contributed by atoms with E-state index >= 15 is 0 Å². The van der Waals surface area contributed by atoms with Gasteiger partial charge < -0.3 is 14.7 Å². The summed E-state index contributed by atoms with van der Waals surface area (Å²) in [7, 11) is 3.94. The Morgan fingerprint density at radius 1 is 0.867 bits per heavy atom. The highest BCUT2D eigenvalue weighted by molar-refractivity contribution is 5.95. The van der Waals surface area contributed by atoms with Gasteiger partial charge >= 0.3 is 0 Å². The number of pyridine rings is 2. The normalized spacial score (nSPS) is 14.5. The van der Waals surface area contributed by atoms with E-state index in [9.17, 15) is 9.59 Å². The number of benzene rings is 1. The fourth-order valence-electron chi connectivity index (χ4n) is 3.64. The average molecular weight is 403 g/mol. The quantitative estimate of drug-likeness (QED) is 0.673. The highest BCUT2D eigenvalue weighted by Gasteiger charge is 2.24. The van der Waals surface area contributed by atoms with Crippen LogP contribution in [0, 0.1) is 0 Å². The number of carbonyl (C=O) groups is 2. The number of amides is 2. The maximum atomic E-state index is 13.0. The van der Waals surface area contributed by atoms with E-state index in [0.29, 0.717) is 43.1 Å². The van der Waals surface area contributed by atoms with Gasteiger partial charge in [0.25, 0.3) is 11.8 Å². The first kappa shape index (κ1) is 19.8. The molecule has 1 aliphatic heterocycles. The van der Waals surface area contributed by atoms with Crippen molar-refractivity contribution in [1.29, 1.82) is 0 Å². The second-order valence-electron chi connectivity index (χ2n) is 7.63. The van der Waals surface area contributed by atoms with E-state index in [2.05, 4.69) is 9.97 Å². The predicted octanol–water partition coefficient (Wildman–Crippen LogP) is 2.68. The predicted molar refractivity (Wildman–Crippen MR) is 117 cm³/mol. The molecule has 0 radical (unpaired) electrons. The van der Waals surface area contributed by atoms with Gasteiger partial charge in [-0.05, 0) is 55.0 Å². The van der Waals surface area contributed by atoms with Crippen molar-refractivity contribution in [2.24, 2.45) is 0 Å². The Kier molecular flexibility index (Phi) is 5.61. The Balaban J connectivity index is 1.43. The van der Waals surface area contributed by atoms with Crippen molar-refractivity contribution >= 4 is 28.5 Å². The molecule has 0 aliphatic carbocycles. The van der Waals surface area contributed by atoms with Gasteiger partial charge in [0.2, 0.25) is 0 Å². The molecule has 1 aliphatic rings. The van der Waals surface area contributed by atoms with Gasteiger partial charge in [-0.25, -0.2) is 9.97 Å². The maximum Gasteiger partial charge on any atom is 0.272 e. The lowest BCUT2D eigenvalue weighted by molar-refractivity contribution is 0.0716. The van der Waals surface area contributed by atoms with Gasteiger partial charge in [0.05, 0.1) is 0 Å². The third-order valence-corrected chi connectivity index (χ3v) is 5.38. The van der Waals surface area contributed by atoms with Crippen LogP contribution >= 0.6 is 0 Å². The number of aromatic nitrogens is 2. The first-order chi connectivity index (χ1) is 14.5. The van der Waals surface area contributed by atoms with E-state index in [4.69, 9.17) is 0 Å². The van der Waals surface area contributed by atoms with E-state index in [1.807, 2.05) is 66.4 Å². The third kappa shape index (κ3) is 4.10. The van der Waals surface area contributed by atoms with Gasteiger partial charge in [-0.1, -0.05) is 0 Å². The molecule has 3 aromatic rings. The molecule has 30 heavy (non-hydrogen) atoms. The van der Waals surface area contributed by atoms with Gasteiger partial charge in [-0.15, -0.1) is 0 Å². The molecular weight excluding hydrogens is 378 g/mol. The largest absolute Gasteiger partial charge is 0.378 e. The first-order valence-corrected chi connectivity index (χ1v) is 10.1. The summed E-state index contributed by atoms with van der Waals surface area (Å²) in [5.74, 6) is -0.116. The molecule has 0 N–H and O–H groups in total. The molecule has 0 saturated carbocycles. The minimum atomic E-state index is -0.118. The standard InChI is InChI=1S/C23H25N5O2/c1-26(2)19-9-6-18(7-10-19)22(29)27-13-4-14-28(16-15-27)23(30)20-11-8-17-5-3-12-24-21(17)25-20/h3,5-12H,4,13-16H2,1-2H3. The molecule has 154 valence electrons. The van der Waals surface area contributed by atoms with E-state index in [-0.39, 0.29) is 11.8 Å². The zero-order chi connectivity index (χ0) is 21.1. The number of fused-ring (bicyclic) bond motifs is 1. The Bertz CT molecular complexity index is 1060. The molecule has 0 bridgehead atoms. The summed E-state index contributed by atoms with van der Waals surface area (Å²) >= 11 is 0. The zero-order valence-corrected chi connectivity index (χ0v) is 17.3. The van der Waals surface area contributed by atoms with Gasteiger partial charge in [-0.2, -0.15) is 0 Å². The fraction of sp³-hybridized carbons (Fsp3) is 0.304. The van der Waals surface area contributed by atoms with E-state index in [1.54, 1.807) is 17.2 Å². The van der Waals surface area contributed by atoms with Crippen molar-refractivity contribution < 1.29 is 9.59 Å². The lowest BCUT2D eigenvalue weighted by atomic mass is 10.1. The SMILES string of the molecule is CN(C)c1ccc(C(=O)N2CCCN(C(=O)c3ccc4cccnc4n3)CC2)cc1. The first-order valence-electron chi connectivity index (χ1n) is 10.1. The van der Waals surface area contributed by atoms with Gasteiger partial charge in [0.15, 0.2) is 5.65 Å². The summed E-state index contributed by atoms with van der Waals surface area (Å²) < 4.78 is 0. The number of hydrogen-bond donors (Lipinski definition) is 0. The maximum absolute atomic E-state index is 13.0. The molecule has 2 amide bonds.